The Morgan fingerprint density at radius 1 is 1.44 bits per heavy atom. The largest absolute Gasteiger partial charge is 0.428 e. The van der Waals surface area contributed by atoms with Crippen LogP contribution in [0.5, 0.6) is 0 Å². The lowest BCUT2D eigenvalue weighted by Gasteiger charge is -2.09. The third-order valence-electron chi connectivity index (χ3n) is 1.85. The van der Waals surface area contributed by atoms with Crippen LogP contribution in [0, 0.1) is 10.1 Å². The summed E-state index contributed by atoms with van der Waals surface area (Å²) >= 11 is 0. The molecule has 0 aliphatic carbocycles. The van der Waals surface area contributed by atoms with Crippen molar-refractivity contribution in [1.29, 1.82) is 0 Å². The predicted octanol–water partition coefficient (Wildman–Crippen LogP) is 1.54. The highest BCUT2D eigenvalue weighted by atomic mass is 16.7. The molecule has 1 unspecified atom stereocenters. The van der Waals surface area contributed by atoms with Crippen molar-refractivity contribution in [3.63, 3.8) is 0 Å². The maximum absolute atomic E-state index is 10.4. The van der Waals surface area contributed by atoms with E-state index in [-0.39, 0.29) is 12.3 Å². The summed E-state index contributed by atoms with van der Waals surface area (Å²) in [6.45, 7) is 3.02. The summed E-state index contributed by atoms with van der Waals surface area (Å²) in [7, 11) is 0. The first kappa shape index (κ1) is 12.1. The summed E-state index contributed by atoms with van der Waals surface area (Å²) in [6.07, 6.45) is -0.687. The van der Waals surface area contributed by atoms with Crippen molar-refractivity contribution in [2.24, 2.45) is 0 Å². The van der Waals surface area contributed by atoms with Crippen molar-refractivity contribution in [2.75, 3.05) is 0 Å². The zero-order valence-corrected chi connectivity index (χ0v) is 8.58. The lowest BCUT2D eigenvalue weighted by molar-refractivity contribution is -0.384. The maximum Gasteiger partial charge on any atom is 0.419 e. The number of nitro benzene ring substituents is 1. The van der Waals surface area contributed by atoms with Crippen molar-refractivity contribution in [1.82, 2.24) is 0 Å². The van der Waals surface area contributed by atoms with Crippen molar-refractivity contribution in [3.8, 4) is 0 Å². The topological polar surface area (TPSA) is 78.7 Å². The van der Waals surface area contributed by atoms with Crippen LogP contribution in [-0.2, 0) is 20.9 Å². The van der Waals surface area contributed by atoms with E-state index >= 15 is 0 Å². The Labute approximate surface area is 91.9 Å². The number of nitro groups is 1. The molecule has 1 rings (SSSR count). The summed E-state index contributed by atoms with van der Waals surface area (Å²) in [5, 5.41) is 10.4. The van der Waals surface area contributed by atoms with Gasteiger partial charge in [-0.1, -0.05) is 0 Å². The van der Waals surface area contributed by atoms with Gasteiger partial charge in [-0.05, 0) is 24.6 Å². The van der Waals surface area contributed by atoms with Crippen molar-refractivity contribution in [2.45, 2.75) is 19.8 Å². The van der Waals surface area contributed by atoms with E-state index in [0.29, 0.717) is 0 Å². The van der Waals surface area contributed by atoms with E-state index in [1.165, 1.54) is 18.6 Å². The van der Waals surface area contributed by atoms with Crippen LogP contribution in [0.1, 0.15) is 12.5 Å². The fourth-order valence-electron chi connectivity index (χ4n) is 1.03. The Kier molecular flexibility index (Phi) is 4.41. The Morgan fingerprint density at radius 3 is 2.56 bits per heavy atom. The molecule has 6 nitrogen and oxygen atoms in total. The van der Waals surface area contributed by atoms with E-state index < -0.39 is 11.2 Å². The molecule has 0 bridgehead atoms. The lowest BCUT2D eigenvalue weighted by atomic mass is 10.2. The molecular weight excluding hydrogens is 214 g/mol. The SMILES string of the molecule is CC(O[C]=O)OCc1ccc([N+](=O)[O-])cc1. The van der Waals surface area contributed by atoms with Gasteiger partial charge < -0.3 is 9.47 Å². The minimum Gasteiger partial charge on any atom is -0.428 e. The number of nitrogens with zero attached hydrogens (tertiary/aromatic N) is 1. The zero-order valence-electron chi connectivity index (χ0n) is 8.58. The number of non-ortho nitro benzene ring substituents is 1. The number of benzene rings is 1. The standard InChI is InChI=1S/C10H10NO5/c1-8(16-7-12)15-6-9-2-4-10(5-3-9)11(13)14/h2-5,8H,6H2,1H3. The molecule has 1 aromatic rings. The van der Waals surface area contributed by atoms with Crippen molar-refractivity contribution in [3.05, 3.63) is 39.9 Å². The van der Waals surface area contributed by atoms with Gasteiger partial charge in [0.2, 0.25) is 6.29 Å². The molecule has 0 saturated heterocycles. The van der Waals surface area contributed by atoms with E-state index in [1.807, 2.05) is 0 Å². The molecule has 0 heterocycles. The van der Waals surface area contributed by atoms with E-state index in [9.17, 15) is 14.9 Å². The average molecular weight is 224 g/mol. The fraction of sp³-hybridized carbons (Fsp3) is 0.300. The molecule has 0 aromatic heterocycles. The van der Waals surface area contributed by atoms with Gasteiger partial charge in [-0.2, -0.15) is 0 Å². The molecular formula is C10H10NO5. The van der Waals surface area contributed by atoms with E-state index in [0.717, 1.165) is 5.56 Å². The molecule has 0 saturated carbocycles. The van der Waals surface area contributed by atoms with Gasteiger partial charge >= 0.3 is 6.47 Å². The summed E-state index contributed by atoms with van der Waals surface area (Å²) in [6, 6.07) is 5.93. The van der Waals surface area contributed by atoms with Crippen LogP contribution in [0.25, 0.3) is 0 Å². The number of ether oxygens (including phenoxy) is 2. The van der Waals surface area contributed by atoms with Crippen LogP contribution in [-0.4, -0.2) is 17.7 Å². The fourth-order valence-corrected chi connectivity index (χ4v) is 1.03. The maximum atomic E-state index is 10.4. The van der Waals surface area contributed by atoms with E-state index in [4.69, 9.17) is 4.74 Å². The van der Waals surface area contributed by atoms with Crippen LogP contribution in [0.4, 0.5) is 5.69 Å². The molecule has 6 heteroatoms. The average Bonchev–Trinajstić information content (AvgIpc) is 2.27. The third kappa shape index (κ3) is 3.66. The van der Waals surface area contributed by atoms with Crippen LogP contribution >= 0.6 is 0 Å². The van der Waals surface area contributed by atoms with Gasteiger partial charge in [0, 0.05) is 12.1 Å². The second-order valence-corrected chi connectivity index (χ2v) is 3.00. The molecule has 0 aliphatic heterocycles. The molecule has 0 aliphatic rings. The Morgan fingerprint density at radius 2 is 2.06 bits per heavy atom. The van der Waals surface area contributed by atoms with Gasteiger partial charge in [0.25, 0.3) is 5.69 Å². The first-order valence-corrected chi connectivity index (χ1v) is 4.51. The predicted molar refractivity (Wildman–Crippen MR) is 54.1 cm³/mol. The molecule has 1 radical (unpaired) electrons. The normalized spacial score (nSPS) is 11.8. The number of rotatable bonds is 6. The molecule has 0 N–H and O–H groups in total. The number of hydrogen-bond acceptors (Lipinski definition) is 5. The first-order chi connectivity index (χ1) is 7.63. The second kappa shape index (κ2) is 5.82. The van der Waals surface area contributed by atoms with Crippen LogP contribution < -0.4 is 0 Å². The molecule has 0 spiro atoms. The monoisotopic (exact) mass is 224 g/mol. The number of hydrogen-bond donors (Lipinski definition) is 0. The lowest BCUT2D eigenvalue weighted by Crippen LogP contribution is -2.11. The minimum absolute atomic E-state index is 0.0225. The van der Waals surface area contributed by atoms with Gasteiger partial charge in [0.1, 0.15) is 0 Å². The van der Waals surface area contributed by atoms with E-state index in [2.05, 4.69) is 4.74 Å². The highest BCUT2D eigenvalue weighted by Crippen LogP contribution is 2.13. The Balaban J connectivity index is 2.49. The van der Waals surface area contributed by atoms with Gasteiger partial charge in [-0.3, -0.25) is 10.1 Å². The summed E-state index contributed by atoms with van der Waals surface area (Å²) in [5.74, 6) is 0. The van der Waals surface area contributed by atoms with Crippen LogP contribution in [0.3, 0.4) is 0 Å². The van der Waals surface area contributed by atoms with Gasteiger partial charge in [-0.15, -0.1) is 0 Å². The minimum atomic E-state index is -0.687. The van der Waals surface area contributed by atoms with Crippen LogP contribution in [0.15, 0.2) is 24.3 Å². The summed E-state index contributed by atoms with van der Waals surface area (Å²) in [4.78, 5) is 19.7. The Bertz CT molecular complexity index is 362. The molecule has 1 aromatic carbocycles. The molecule has 1 atom stereocenters. The highest BCUT2D eigenvalue weighted by molar-refractivity contribution is 5.38. The van der Waals surface area contributed by atoms with Crippen LogP contribution in [0.2, 0.25) is 0 Å². The van der Waals surface area contributed by atoms with Crippen molar-refractivity contribution >= 4 is 12.2 Å². The smallest absolute Gasteiger partial charge is 0.419 e. The van der Waals surface area contributed by atoms with Gasteiger partial charge in [0.15, 0.2) is 0 Å². The highest BCUT2D eigenvalue weighted by Gasteiger charge is 2.06. The molecule has 0 fully saturated rings. The summed E-state index contributed by atoms with van der Waals surface area (Å²) < 4.78 is 9.50. The Hall–Kier alpha value is -1.95. The number of carbonyl (C=O) groups excluding carboxylic acids is 1. The zero-order chi connectivity index (χ0) is 12.0. The molecule has 16 heavy (non-hydrogen) atoms. The van der Waals surface area contributed by atoms with Gasteiger partial charge in [0.05, 0.1) is 11.5 Å². The van der Waals surface area contributed by atoms with Gasteiger partial charge in [-0.25, -0.2) is 4.79 Å². The molecule has 0 amide bonds. The summed E-state index contributed by atoms with van der Waals surface area (Å²) in [5.41, 5.74) is 0.779. The quantitative estimate of drug-likeness (QED) is 0.416. The van der Waals surface area contributed by atoms with Crippen molar-refractivity contribution < 1.29 is 19.2 Å². The van der Waals surface area contributed by atoms with E-state index in [1.54, 1.807) is 19.1 Å². The third-order valence-corrected chi connectivity index (χ3v) is 1.85. The second-order valence-electron chi connectivity index (χ2n) is 3.00. The first-order valence-electron chi connectivity index (χ1n) is 4.51. The molecule has 85 valence electrons.